The monoisotopic (exact) mass is 396 g/mol. The number of carbonyl (C=O) groups is 1. The number of halogens is 2. The van der Waals surface area contributed by atoms with Crippen LogP contribution in [0.3, 0.4) is 0 Å². The van der Waals surface area contributed by atoms with Crippen molar-refractivity contribution < 1.29 is 4.79 Å². The molecule has 0 aliphatic carbocycles. The van der Waals surface area contributed by atoms with E-state index in [1.807, 2.05) is 18.3 Å². The van der Waals surface area contributed by atoms with Crippen LogP contribution in [0.1, 0.15) is 31.4 Å². The smallest absolute Gasteiger partial charge is 0.228 e. The molecule has 4 rings (SSSR count). The summed E-state index contributed by atoms with van der Waals surface area (Å²) in [6.07, 6.45) is 7.64. The van der Waals surface area contributed by atoms with Crippen molar-refractivity contribution in [1.82, 2.24) is 14.9 Å². The second-order valence-electron chi connectivity index (χ2n) is 6.79. The number of carbonyl (C=O) groups excluding carboxylic acids is 1. The van der Waals surface area contributed by atoms with Crippen LogP contribution in [0.2, 0.25) is 0 Å². The van der Waals surface area contributed by atoms with E-state index in [-0.39, 0.29) is 36.6 Å². The van der Waals surface area contributed by atoms with Gasteiger partial charge in [0.15, 0.2) is 0 Å². The normalized spacial score (nSPS) is 18.8. The van der Waals surface area contributed by atoms with Crippen LogP contribution in [-0.2, 0) is 17.8 Å². The molecule has 1 fully saturated rings. The molecular formula is C19H26Cl2N4O. The Morgan fingerprint density at radius 2 is 1.96 bits per heavy atom. The van der Waals surface area contributed by atoms with Gasteiger partial charge in [0, 0.05) is 36.2 Å². The summed E-state index contributed by atoms with van der Waals surface area (Å²) in [7, 11) is 0. The lowest BCUT2D eigenvalue weighted by Crippen LogP contribution is -2.37. The minimum Gasteiger partial charge on any atom is -0.328 e. The second kappa shape index (κ2) is 9.40. The summed E-state index contributed by atoms with van der Waals surface area (Å²) in [5, 5.41) is 6.33. The van der Waals surface area contributed by atoms with Crippen LogP contribution in [0, 0.1) is 5.92 Å². The van der Waals surface area contributed by atoms with Gasteiger partial charge in [-0.25, -0.2) is 4.98 Å². The number of nitrogens with zero attached hydrogens (tertiary/aromatic N) is 2. The summed E-state index contributed by atoms with van der Waals surface area (Å²) < 4.78 is 2.32. The molecule has 1 amide bonds. The molecule has 5 nitrogen and oxygen atoms in total. The SMILES string of the molecule is Cl.Cl.O=C(Nc1ccc(-c2ncc3n2CCCC3)cc1)C1CCCNC1. The van der Waals surface area contributed by atoms with Crippen LogP contribution in [0.4, 0.5) is 5.69 Å². The Balaban J connectivity index is 0.00000121. The number of anilines is 1. The largest absolute Gasteiger partial charge is 0.328 e. The molecule has 142 valence electrons. The van der Waals surface area contributed by atoms with E-state index in [0.717, 1.165) is 56.0 Å². The van der Waals surface area contributed by atoms with E-state index in [4.69, 9.17) is 0 Å². The van der Waals surface area contributed by atoms with Crippen molar-refractivity contribution in [2.24, 2.45) is 5.92 Å². The quantitative estimate of drug-likeness (QED) is 0.831. The summed E-state index contributed by atoms with van der Waals surface area (Å²) in [6.45, 7) is 2.86. The van der Waals surface area contributed by atoms with Crippen LogP contribution >= 0.6 is 24.8 Å². The minimum absolute atomic E-state index is 0. The Morgan fingerprint density at radius 3 is 2.69 bits per heavy atom. The number of aryl methyl sites for hydroxylation is 1. The fourth-order valence-electron chi connectivity index (χ4n) is 3.69. The van der Waals surface area contributed by atoms with Crippen LogP contribution in [-0.4, -0.2) is 28.5 Å². The zero-order chi connectivity index (χ0) is 16.4. The zero-order valence-corrected chi connectivity index (χ0v) is 16.4. The van der Waals surface area contributed by atoms with Gasteiger partial charge in [-0.15, -0.1) is 24.8 Å². The number of fused-ring (bicyclic) bond motifs is 1. The molecule has 0 bridgehead atoms. The Labute approximate surface area is 166 Å². The fourth-order valence-corrected chi connectivity index (χ4v) is 3.69. The van der Waals surface area contributed by atoms with Gasteiger partial charge in [0.1, 0.15) is 5.82 Å². The fraction of sp³-hybridized carbons (Fsp3) is 0.474. The molecule has 2 aromatic rings. The molecule has 0 saturated carbocycles. The Morgan fingerprint density at radius 1 is 1.15 bits per heavy atom. The van der Waals surface area contributed by atoms with E-state index in [1.165, 1.54) is 18.5 Å². The molecule has 7 heteroatoms. The number of hydrogen-bond acceptors (Lipinski definition) is 3. The number of imidazole rings is 1. The average Bonchev–Trinajstić information content (AvgIpc) is 3.07. The molecule has 0 radical (unpaired) electrons. The third kappa shape index (κ3) is 4.40. The highest BCUT2D eigenvalue weighted by molar-refractivity contribution is 5.93. The van der Waals surface area contributed by atoms with Crippen molar-refractivity contribution >= 4 is 36.4 Å². The molecule has 3 heterocycles. The molecule has 1 unspecified atom stereocenters. The average molecular weight is 397 g/mol. The first-order chi connectivity index (χ1) is 11.8. The number of hydrogen-bond donors (Lipinski definition) is 2. The van der Waals surface area contributed by atoms with Crippen LogP contribution in [0.15, 0.2) is 30.5 Å². The van der Waals surface area contributed by atoms with Gasteiger partial charge in [-0.3, -0.25) is 4.79 Å². The number of benzene rings is 1. The highest BCUT2D eigenvalue weighted by Crippen LogP contribution is 2.25. The molecule has 0 spiro atoms. The van der Waals surface area contributed by atoms with Crippen molar-refractivity contribution in [3.8, 4) is 11.4 Å². The summed E-state index contributed by atoms with van der Waals surface area (Å²) in [5.41, 5.74) is 3.30. The third-order valence-electron chi connectivity index (χ3n) is 5.08. The molecule has 1 saturated heterocycles. The topological polar surface area (TPSA) is 59.0 Å². The van der Waals surface area contributed by atoms with Gasteiger partial charge >= 0.3 is 0 Å². The van der Waals surface area contributed by atoms with Crippen molar-refractivity contribution in [3.63, 3.8) is 0 Å². The van der Waals surface area contributed by atoms with E-state index in [1.54, 1.807) is 0 Å². The lowest BCUT2D eigenvalue weighted by atomic mass is 9.99. The maximum absolute atomic E-state index is 12.3. The highest BCUT2D eigenvalue weighted by atomic mass is 35.5. The van der Waals surface area contributed by atoms with E-state index >= 15 is 0 Å². The first-order valence-electron chi connectivity index (χ1n) is 8.98. The van der Waals surface area contributed by atoms with Crippen LogP contribution in [0.5, 0.6) is 0 Å². The van der Waals surface area contributed by atoms with E-state index < -0.39 is 0 Å². The lowest BCUT2D eigenvalue weighted by Gasteiger charge is -2.22. The molecule has 1 atom stereocenters. The number of aromatic nitrogens is 2. The summed E-state index contributed by atoms with van der Waals surface area (Å²) in [5.74, 6) is 1.24. The predicted octanol–water partition coefficient (Wildman–Crippen LogP) is 3.67. The van der Waals surface area contributed by atoms with Crippen molar-refractivity contribution in [2.75, 3.05) is 18.4 Å². The Kier molecular flexibility index (Phi) is 7.50. The van der Waals surface area contributed by atoms with Gasteiger partial charge in [-0.2, -0.15) is 0 Å². The van der Waals surface area contributed by atoms with Crippen molar-refractivity contribution in [1.29, 1.82) is 0 Å². The molecule has 1 aromatic carbocycles. The molecule has 2 aliphatic rings. The zero-order valence-electron chi connectivity index (χ0n) is 14.7. The van der Waals surface area contributed by atoms with Crippen LogP contribution in [0.25, 0.3) is 11.4 Å². The first-order valence-corrected chi connectivity index (χ1v) is 8.98. The molecular weight excluding hydrogens is 371 g/mol. The Hall–Kier alpha value is -1.56. The van der Waals surface area contributed by atoms with Crippen molar-refractivity contribution in [2.45, 2.75) is 38.6 Å². The van der Waals surface area contributed by atoms with Crippen LogP contribution < -0.4 is 10.6 Å². The van der Waals surface area contributed by atoms with Gasteiger partial charge in [0.05, 0.1) is 5.92 Å². The molecule has 2 N–H and O–H groups in total. The van der Waals surface area contributed by atoms with Gasteiger partial charge in [-0.1, -0.05) is 0 Å². The van der Waals surface area contributed by atoms with Gasteiger partial charge < -0.3 is 15.2 Å². The predicted molar refractivity (Wildman–Crippen MR) is 109 cm³/mol. The lowest BCUT2D eigenvalue weighted by molar-refractivity contribution is -0.120. The number of amides is 1. The van der Waals surface area contributed by atoms with E-state index in [9.17, 15) is 4.79 Å². The molecule has 26 heavy (non-hydrogen) atoms. The molecule has 1 aromatic heterocycles. The van der Waals surface area contributed by atoms with Gasteiger partial charge in [-0.05, 0) is 62.9 Å². The Bertz CT molecular complexity index is 724. The first kappa shape index (κ1) is 20.7. The second-order valence-corrected chi connectivity index (χ2v) is 6.79. The minimum atomic E-state index is 0. The highest BCUT2D eigenvalue weighted by Gasteiger charge is 2.21. The number of rotatable bonds is 3. The maximum atomic E-state index is 12.3. The maximum Gasteiger partial charge on any atom is 0.228 e. The molecule has 2 aliphatic heterocycles. The van der Waals surface area contributed by atoms with E-state index in [2.05, 4.69) is 32.3 Å². The van der Waals surface area contributed by atoms with Gasteiger partial charge in [0.25, 0.3) is 0 Å². The number of piperidine rings is 1. The summed E-state index contributed by atoms with van der Waals surface area (Å²) >= 11 is 0. The third-order valence-corrected chi connectivity index (χ3v) is 5.08. The van der Waals surface area contributed by atoms with E-state index in [0.29, 0.717) is 0 Å². The summed E-state index contributed by atoms with van der Waals surface area (Å²) in [6, 6.07) is 8.07. The summed E-state index contributed by atoms with van der Waals surface area (Å²) in [4.78, 5) is 16.9. The number of nitrogens with one attached hydrogen (secondary N) is 2. The van der Waals surface area contributed by atoms with Gasteiger partial charge in [0.2, 0.25) is 5.91 Å². The van der Waals surface area contributed by atoms with Crippen molar-refractivity contribution in [3.05, 3.63) is 36.2 Å². The standard InChI is InChI=1S/C19H24N4O.2ClH/c24-19(15-4-3-10-20-12-15)22-16-8-6-14(7-9-16)18-21-13-17-5-1-2-11-23(17)18;;/h6-9,13,15,20H,1-5,10-12H2,(H,22,24);2*1H.